The Labute approximate surface area is 170 Å². The quantitative estimate of drug-likeness (QED) is 0.581. The summed E-state index contributed by atoms with van der Waals surface area (Å²) in [6.07, 6.45) is 0. The molecule has 0 radical (unpaired) electrons. The molecule has 0 bridgehead atoms. The molecule has 3 aromatic rings. The smallest absolute Gasteiger partial charge is 0.255 e. The molecular weight excluding hydrogens is 374 g/mol. The average molecular weight is 396 g/mol. The van der Waals surface area contributed by atoms with E-state index >= 15 is 0 Å². The predicted octanol–water partition coefficient (Wildman–Crippen LogP) is 5.42. The van der Waals surface area contributed by atoms with Crippen molar-refractivity contribution < 1.29 is 14.3 Å². The Hall–Kier alpha value is -2.98. The van der Waals surface area contributed by atoms with Gasteiger partial charge in [0.2, 0.25) is 0 Å². The molecule has 0 aliphatic rings. The molecule has 0 saturated heterocycles. The Morgan fingerprint density at radius 3 is 2.46 bits per heavy atom. The minimum absolute atomic E-state index is 0.246. The minimum atomic E-state index is -0.260. The van der Waals surface area contributed by atoms with Crippen LogP contribution in [0.1, 0.15) is 34.5 Å². The van der Waals surface area contributed by atoms with Crippen LogP contribution in [0, 0.1) is 0 Å². The molecule has 0 unspecified atom stereocenters. The standard InChI is InChI=1S/C23H22ClNO3/c1-16(19-10-6-7-11-21(19)27-2)25-23(26)20-14-18(24)12-13-22(20)28-15-17-8-4-3-5-9-17/h3-14,16H,15H2,1-2H3,(H,25,26)/t16-/m0/s1. The molecule has 1 amide bonds. The zero-order valence-electron chi connectivity index (χ0n) is 15.8. The van der Waals surface area contributed by atoms with Gasteiger partial charge in [0.1, 0.15) is 18.1 Å². The number of hydrogen-bond acceptors (Lipinski definition) is 3. The van der Waals surface area contributed by atoms with Gasteiger partial charge in [0, 0.05) is 10.6 Å². The molecule has 4 nitrogen and oxygen atoms in total. The summed E-state index contributed by atoms with van der Waals surface area (Å²) >= 11 is 6.12. The van der Waals surface area contributed by atoms with E-state index in [1.165, 1.54) is 0 Å². The second kappa shape index (κ2) is 9.29. The second-order valence-electron chi connectivity index (χ2n) is 6.35. The summed E-state index contributed by atoms with van der Waals surface area (Å²) in [4.78, 5) is 12.9. The molecule has 0 aliphatic carbocycles. The van der Waals surface area contributed by atoms with Crippen LogP contribution in [-0.2, 0) is 6.61 Å². The number of benzene rings is 3. The normalized spacial score (nSPS) is 11.5. The van der Waals surface area contributed by atoms with Crippen LogP contribution < -0.4 is 14.8 Å². The molecule has 3 rings (SSSR count). The molecule has 0 spiro atoms. The molecule has 1 atom stereocenters. The van der Waals surface area contributed by atoms with Crippen molar-refractivity contribution in [2.45, 2.75) is 19.6 Å². The van der Waals surface area contributed by atoms with Crippen molar-refractivity contribution >= 4 is 17.5 Å². The third-order valence-electron chi connectivity index (χ3n) is 4.38. The summed E-state index contributed by atoms with van der Waals surface area (Å²) in [6.45, 7) is 2.27. The molecule has 0 heterocycles. The highest BCUT2D eigenvalue weighted by molar-refractivity contribution is 6.31. The lowest BCUT2D eigenvalue weighted by Gasteiger charge is -2.18. The number of nitrogens with one attached hydrogen (secondary N) is 1. The molecule has 0 fully saturated rings. The van der Waals surface area contributed by atoms with Crippen LogP contribution in [0.3, 0.4) is 0 Å². The van der Waals surface area contributed by atoms with Crippen molar-refractivity contribution in [1.29, 1.82) is 0 Å². The van der Waals surface area contributed by atoms with Crippen LogP contribution in [0.2, 0.25) is 5.02 Å². The third kappa shape index (κ3) is 4.84. The van der Waals surface area contributed by atoms with E-state index in [2.05, 4.69) is 5.32 Å². The predicted molar refractivity (Wildman–Crippen MR) is 111 cm³/mol. The highest BCUT2D eigenvalue weighted by Crippen LogP contribution is 2.27. The van der Waals surface area contributed by atoms with E-state index in [4.69, 9.17) is 21.1 Å². The summed E-state index contributed by atoms with van der Waals surface area (Å²) in [5.41, 5.74) is 2.31. The fourth-order valence-corrected chi connectivity index (χ4v) is 3.09. The molecule has 28 heavy (non-hydrogen) atoms. The SMILES string of the molecule is COc1ccccc1[C@H](C)NC(=O)c1cc(Cl)ccc1OCc1ccccc1. The number of carbonyl (C=O) groups is 1. The number of carbonyl (C=O) groups excluding carboxylic acids is 1. The van der Waals surface area contributed by atoms with Gasteiger partial charge in [-0.25, -0.2) is 0 Å². The van der Waals surface area contributed by atoms with E-state index in [-0.39, 0.29) is 11.9 Å². The maximum atomic E-state index is 12.9. The fourth-order valence-electron chi connectivity index (χ4n) is 2.92. The summed E-state index contributed by atoms with van der Waals surface area (Å²) < 4.78 is 11.3. The van der Waals surface area contributed by atoms with Crippen LogP contribution in [0.4, 0.5) is 0 Å². The van der Waals surface area contributed by atoms with Gasteiger partial charge in [0.15, 0.2) is 0 Å². The van der Waals surface area contributed by atoms with Crippen molar-refractivity contribution in [3.8, 4) is 11.5 Å². The summed E-state index contributed by atoms with van der Waals surface area (Å²) in [7, 11) is 1.61. The number of rotatable bonds is 7. The molecule has 144 valence electrons. The Morgan fingerprint density at radius 1 is 1.00 bits per heavy atom. The molecular formula is C23H22ClNO3. The van der Waals surface area contributed by atoms with E-state index in [0.717, 1.165) is 16.9 Å². The Bertz CT molecular complexity index is 944. The average Bonchev–Trinajstić information content (AvgIpc) is 2.73. The molecule has 0 aromatic heterocycles. The van der Waals surface area contributed by atoms with Crippen LogP contribution in [0.15, 0.2) is 72.8 Å². The van der Waals surface area contributed by atoms with E-state index in [1.54, 1.807) is 25.3 Å². The first-order valence-corrected chi connectivity index (χ1v) is 9.36. The lowest BCUT2D eigenvalue weighted by molar-refractivity contribution is 0.0935. The first-order chi connectivity index (χ1) is 13.6. The zero-order valence-corrected chi connectivity index (χ0v) is 16.6. The monoisotopic (exact) mass is 395 g/mol. The van der Waals surface area contributed by atoms with Gasteiger partial charge < -0.3 is 14.8 Å². The van der Waals surface area contributed by atoms with Crippen molar-refractivity contribution in [3.05, 3.63) is 94.5 Å². The van der Waals surface area contributed by atoms with E-state index < -0.39 is 0 Å². The Morgan fingerprint density at radius 2 is 1.71 bits per heavy atom. The molecule has 1 N–H and O–H groups in total. The van der Waals surface area contributed by atoms with Gasteiger partial charge in [-0.2, -0.15) is 0 Å². The largest absolute Gasteiger partial charge is 0.496 e. The fraction of sp³-hybridized carbons (Fsp3) is 0.174. The molecule has 0 aliphatic heterocycles. The van der Waals surface area contributed by atoms with Gasteiger partial charge in [0.25, 0.3) is 5.91 Å². The number of ether oxygens (including phenoxy) is 2. The summed E-state index contributed by atoms with van der Waals surface area (Å²) in [5, 5.41) is 3.47. The van der Waals surface area contributed by atoms with Crippen molar-refractivity contribution in [1.82, 2.24) is 5.32 Å². The molecule has 3 aromatic carbocycles. The van der Waals surface area contributed by atoms with Gasteiger partial charge in [-0.3, -0.25) is 4.79 Å². The van der Waals surface area contributed by atoms with E-state index in [0.29, 0.717) is 22.9 Å². The van der Waals surface area contributed by atoms with Crippen LogP contribution in [0.25, 0.3) is 0 Å². The number of amides is 1. The topological polar surface area (TPSA) is 47.6 Å². The minimum Gasteiger partial charge on any atom is -0.496 e. The number of halogens is 1. The van der Waals surface area contributed by atoms with E-state index in [9.17, 15) is 4.79 Å². The first kappa shape index (κ1) is 19.8. The maximum absolute atomic E-state index is 12.9. The Balaban J connectivity index is 1.78. The first-order valence-electron chi connectivity index (χ1n) is 8.98. The number of methoxy groups -OCH3 is 1. The maximum Gasteiger partial charge on any atom is 0.255 e. The van der Waals surface area contributed by atoms with Gasteiger partial charge in [-0.15, -0.1) is 0 Å². The highest BCUT2D eigenvalue weighted by atomic mass is 35.5. The molecule has 0 saturated carbocycles. The van der Waals surface area contributed by atoms with Crippen molar-refractivity contribution in [2.24, 2.45) is 0 Å². The second-order valence-corrected chi connectivity index (χ2v) is 6.79. The van der Waals surface area contributed by atoms with Crippen LogP contribution in [-0.4, -0.2) is 13.0 Å². The van der Waals surface area contributed by atoms with Gasteiger partial charge >= 0.3 is 0 Å². The third-order valence-corrected chi connectivity index (χ3v) is 4.61. The van der Waals surface area contributed by atoms with Gasteiger partial charge in [0.05, 0.1) is 18.7 Å². The van der Waals surface area contributed by atoms with Gasteiger partial charge in [-0.05, 0) is 36.8 Å². The zero-order chi connectivity index (χ0) is 19.9. The van der Waals surface area contributed by atoms with Crippen molar-refractivity contribution in [2.75, 3.05) is 7.11 Å². The number of para-hydroxylation sites is 1. The molecule has 5 heteroatoms. The van der Waals surface area contributed by atoms with Crippen LogP contribution >= 0.6 is 11.6 Å². The van der Waals surface area contributed by atoms with Gasteiger partial charge in [-0.1, -0.05) is 60.1 Å². The highest BCUT2D eigenvalue weighted by Gasteiger charge is 2.18. The number of hydrogen-bond donors (Lipinski definition) is 1. The Kier molecular flexibility index (Phi) is 6.56. The lowest BCUT2D eigenvalue weighted by Crippen LogP contribution is -2.27. The van der Waals surface area contributed by atoms with Crippen LogP contribution in [0.5, 0.6) is 11.5 Å². The lowest BCUT2D eigenvalue weighted by atomic mass is 10.1. The summed E-state index contributed by atoms with van der Waals surface area (Å²) in [6, 6.07) is 22.2. The van der Waals surface area contributed by atoms with E-state index in [1.807, 2.05) is 61.5 Å². The summed E-state index contributed by atoms with van der Waals surface area (Å²) in [5.74, 6) is 0.948. The van der Waals surface area contributed by atoms with Crippen molar-refractivity contribution in [3.63, 3.8) is 0 Å².